The zero-order valence-corrected chi connectivity index (χ0v) is 12.9. The van der Waals surface area contributed by atoms with Gasteiger partial charge in [-0.3, -0.25) is 0 Å². The number of ether oxygens (including phenoxy) is 1. The standard InChI is InChI=1S/C15H14Cl2N2O2/c1-21-15(20)14-5-2-10(8-19-14)7-18-9-11-3-4-12(16)6-13(11)17/h2-6,8,18H,7,9H2,1H3. The third-order valence-electron chi connectivity index (χ3n) is 2.88. The minimum Gasteiger partial charge on any atom is -0.464 e. The van der Waals surface area contributed by atoms with Crippen LogP contribution in [0.3, 0.4) is 0 Å². The molecule has 0 fully saturated rings. The van der Waals surface area contributed by atoms with E-state index in [1.165, 1.54) is 7.11 Å². The van der Waals surface area contributed by atoms with Crippen molar-refractivity contribution in [1.29, 1.82) is 0 Å². The SMILES string of the molecule is COC(=O)c1ccc(CNCc2ccc(Cl)cc2Cl)cn1. The third-order valence-corrected chi connectivity index (χ3v) is 3.47. The Balaban J connectivity index is 1.90. The number of nitrogens with zero attached hydrogens (tertiary/aromatic N) is 1. The highest BCUT2D eigenvalue weighted by Gasteiger charge is 2.06. The lowest BCUT2D eigenvalue weighted by Crippen LogP contribution is -2.13. The quantitative estimate of drug-likeness (QED) is 0.856. The summed E-state index contributed by atoms with van der Waals surface area (Å²) < 4.78 is 4.60. The second-order valence-electron chi connectivity index (χ2n) is 4.38. The third kappa shape index (κ3) is 4.43. The first-order valence-corrected chi connectivity index (χ1v) is 7.03. The lowest BCUT2D eigenvalue weighted by Gasteiger charge is -2.07. The van der Waals surface area contributed by atoms with Crippen LogP contribution in [0.5, 0.6) is 0 Å². The average molecular weight is 325 g/mol. The zero-order valence-electron chi connectivity index (χ0n) is 11.4. The van der Waals surface area contributed by atoms with Crippen LogP contribution in [-0.2, 0) is 17.8 Å². The van der Waals surface area contributed by atoms with Crippen molar-refractivity contribution in [2.45, 2.75) is 13.1 Å². The summed E-state index contributed by atoms with van der Waals surface area (Å²) in [6.45, 7) is 1.24. The van der Waals surface area contributed by atoms with E-state index in [0.717, 1.165) is 11.1 Å². The Kier molecular flexibility index (Phi) is 5.56. The van der Waals surface area contributed by atoms with Gasteiger partial charge < -0.3 is 10.1 Å². The number of carbonyl (C=O) groups is 1. The molecule has 1 heterocycles. The lowest BCUT2D eigenvalue weighted by atomic mass is 10.2. The molecule has 0 saturated heterocycles. The van der Waals surface area contributed by atoms with E-state index in [4.69, 9.17) is 23.2 Å². The Morgan fingerprint density at radius 3 is 2.67 bits per heavy atom. The van der Waals surface area contributed by atoms with E-state index in [2.05, 4.69) is 15.0 Å². The lowest BCUT2D eigenvalue weighted by molar-refractivity contribution is 0.0594. The fraction of sp³-hybridized carbons (Fsp3) is 0.200. The van der Waals surface area contributed by atoms with Gasteiger partial charge in [0.05, 0.1) is 7.11 Å². The van der Waals surface area contributed by atoms with E-state index in [0.29, 0.717) is 28.8 Å². The highest BCUT2D eigenvalue weighted by Crippen LogP contribution is 2.20. The van der Waals surface area contributed by atoms with Crippen molar-refractivity contribution in [3.8, 4) is 0 Å². The van der Waals surface area contributed by atoms with Gasteiger partial charge in [-0.25, -0.2) is 9.78 Å². The van der Waals surface area contributed by atoms with Gasteiger partial charge in [-0.15, -0.1) is 0 Å². The number of pyridine rings is 1. The maximum Gasteiger partial charge on any atom is 0.356 e. The molecule has 4 nitrogen and oxygen atoms in total. The van der Waals surface area contributed by atoms with Gasteiger partial charge >= 0.3 is 5.97 Å². The molecule has 0 saturated carbocycles. The van der Waals surface area contributed by atoms with E-state index in [-0.39, 0.29) is 0 Å². The monoisotopic (exact) mass is 324 g/mol. The largest absolute Gasteiger partial charge is 0.464 e. The summed E-state index contributed by atoms with van der Waals surface area (Å²) in [6, 6.07) is 8.87. The number of rotatable bonds is 5. The molecule has 110 valence electrons. The van der Waals surface area contributed by atoms with Crippen LogP contribution in [0, 0.1) is 0 Å². The Morgan fingerprint density at radius 2 is 2.05 bits per heavy atom. The molecule has 0 spiro atoms. The number of nitrogens with one attached hydrogen (secondary N) is 1. The molecule has 0 bridgehead atoms. The van der Waals surface area contributed by atoms with E-state index < -0.39 is 5.97 Å². The number of benzene rings is 1. The van der Waals surface area contributed by atoms with Crippen LogP contribution < -0.4 is 5.32 Å². The van der Waals surface area contributed by atoms with E-state index in [9.17, 15) is 4.79 Å². The summed E-state index contributed by atoms with van der Waals surface area (Å²) >= 11 is 11.9. The molecule has 1 aromatic heterocycles. The smallest absolute Gasteiger partial charge is 0.356 e. The number of carbonyl (C=O) groups excluding carboxylic acids is 1. The van der Waals surface area contributed by atoms with E-state index in [1.54, 1.807) is 24.4 Å². The van der Waals surface area contributed by atoms with Gasteiger partial charge in [0.1, 0.15) is 5.69 Å². The van der Waals surface area contributed by atoms with Crippen molar-refractivity contribution in [1.82, 2.24) is 10.3 Å². The van der Waals surface area contributed by atoms with Gasteiger partial charge in [-0.1, -0.05) is 35.3 Å². The molecular weight excluding hydrogens is 311 g/mol. The number of hydrogen-bond acceptors (Lipinski definition) is 4. The fourth-order valence-electron chi connectivity index (χ4n) is 1.76. The fourth-order valence-corrected chi connectivity index (χ4v) is 2.24. The van der Waals surface area contributed by atoms with E-state index >= 15 is 0 Å². The van der Waals surface area contributed by atoms with Gasteiger partial charge in [0, 0.05) is 29.3 Å². The zero-order chi connectivity index (χ0) is 15.2. The van der Waals surface area contributed by atoms with Crippen LogP contribution in [0.4, 0.5) is 0 Å². The van der Waals surface area contributed by atoms with Crippen LogP contribution in [0.2, 0.25) is 10.0 Å². The topological polar surface area (TPSA) is 51.2 Å². The molecule has 6 heteroatoms. The van der Waals surface area contributed by atoms with Gasteiger partial charge in [0.15, 0.2) is 0 Å². The molecule has 0 atom stereocenters. The molecule has 0 aliphatic rings. The first kappa shape index (κ1) is 15.8. The van der Waals surface area contributed by atoms with Crippen molar-refractivity contribution < 1.29 is 9.53 Å². The predicted molar refractivity (Wildman–Crippen MR) is 82.6 cm³/mol. The summed E-state index contributed by atoms with van der Waals surface area (Å²) in [7, 11) is 1.33. The van der Waals surface area contributed by atoms with E-state index in [1.807, 2.05) is 12.1 Å². The van der Waals surface area contributed by atoms with Crippen molar-refractivity contribution in [2.75, 3.05) is 7.11 Å². The van der Waals surface area contributed by atoms with Gasteiger partial charge in [-0.2, -0.15) is 0 Å². The minimum atomic E-state index is -0.442. The van der Waals surface area contributed by atoms with Crippen LogP contribution in [0.25, 0.3) is 0 Å². The molecule has 1 N–H and O–H groups in total. The molecule has 1 aromatic carbocycles. The second-order valence-corrected chi connectivity index (χ2v) is 5.23. The van der Waals surface area contributed by atoms with Crippen molar-refractivity contribution in [3.05, 3.63) is 63.4 Å². The number of methoxy groups -OCH3 is 1. The average Bonchev–Trinajstić information content (AvgIpc) is 2.49. The normalized spacial score (nSPS) is 10.4. The van der Waals surface area contributed by atoms with Gasteiger partial charge in [0.2, 0.25) is 0 Å². The Bertz CT molecular complexity index is 630. The predicted octanol–water partition coefficient (Wildman–Crippen LogP) is 3.46. The van der Waals surface area contributed by atoms with Crippen molar-refractivity contribution in [2.24, 2.45) is 0 Å². The van der Waals surface area contributed by atoms with Crippen LogP contribution >= 0.6 is 23.2 Å². The van der Waals surface area contributed by atoms with Crippen molar-refractivity contribution in [3.63, 3.8) is 0 Å². The summed E-state index contributed by atoms with van der Waals surface area (Å²) in [5.41, 5.74) is 2.23. The maximum atomic E-state index is 11.3. The summed E-state index contributed by atoms with van der Waals surface area (Å²) in [6.07, 6.45) is 1.64. The van der Waals surface area contributed by atoms with Crippen molar-refractivity contribution >= 4 is 29.2 Å². The molecule has 0 amide bonds. The molecule has 0 aliphatic heterocycles. The van der Waals surface area contributed by atoms with Crippen LogP contribution in [0.15, 0.2) is 36.5 Å². The van der Waals surface area contributed by atoms with Gasteiger partial charge in [-0.05, 0) is 29.3 Å². The Morgan fingerprint density at radius 1 is 1.24 bits per heavy atom. The van der Waals surface area contributed by atoms with Crippen LogP contribution in [-0.4, -0.2) is 18.1 Å². The van der Waals surface area contributed by atoms with Gasteiger partial charge in [0.25, 0.3) is 0 Å². The first-order valence-electron chi connectivity index (χ1n) is 6.28. The summed E-state index contributed by atoms with van der Waals surface area (Å²) in [4.78, 5) is 15.3. The summed E-state index contributed by atoms with van der Waals surface area (Å²) in [5.74, 6) is -0.442. The first-order chi connectivity index (χ1) is 10.1. The number of halogens is 2. The molecule has 0 aliphatic carbocycles. The molecule has 2 aromatic rings. The highest BCUT2D eigenvalue weighted by atomic mass is 35.5. The number of aromatic nitrogens is 1. The van der Waals surface area contributed by atoms with Crippen LogP contribution in [0.1, 0.15) is 21.6 Å². The number of hydrogen-bond donors (Lipinski definition) is 1. The molecule has 0 radical (unpaired) electrons. The molecular formula is C15H14Cl2N2O2. The molecule has 2 rings (SSSR count). The Labute approximate surface area is 133 Å². The minimum absolute atomic E-state index is 0.294. The highest BCUT2D eigenvalue weighted by molar-refractivity contribution is 6.35. The number of esters is 1. The molecule has 21 heavy (non-hydrogen) atoms. The maximum absolute atomic E-state index is 11.3. The molecule has 0 unspecified atom stereocenters. The summed E-state index contributed by atoms with van der Waals surface area (Å²) in [5, 5.41) is 4.51. The second kappa shape index (κ2) is 7.41. The Hall–Kier alpha value is -1.62.